The summed E-state index contributed by atoms with van der Waals surface area (Å²) in [6.45, 7) is 2.32. The van der Waals surface area contributed by atoms with Crippen LogP contribution >= 0.6 is 11.6 Å². The largest absolute Gasteiger partial charge is 0.330 e. The fourth-order valence-electron chi connectivity index (χ4n) is 1.11. The number of aromatic nitrogens is 1. The van der Waals surface area contributed by atoms with Crippen LogP contribution in [0.5, 0.6) is 0 Å². The number of halogens is 1. The highest BCUT2D eigenvalue weighted by Gasteiger charge is 2.13. The number of carbonyl (C=O) groups excluding carboxylic acids is 1. The van der Waals surface area contributed by atoms with Crippen molar-refractivity contribution < 1.29 is 4.79 Å². The third-order valence-electron chi connectivity index (χ3n) is 2.07. The molecule has 1 aromatic rings. The van der Waals surface area contributed by atoms with E-state index in [1.54, 1.807) is 12.3 Å². The highest BCUT2D eigenvalue weighted by atomic mass is 35.5. The number of hydrogen-bond acceptors (Lipinski definition) is 3. The van der Waals surface area contributed by atoms with Crippen LogP contribution in [0.2, 0.25) is 5.02 Å². The smallest absolute Gasteiger partial charge is 0.227 e. The average molecular weight is 228 g/mol. The first-order valence-corrected chi connectivity index (χ1v) is 5.13. The van der Waals surface area contributed by atoms with Gasteiger partial charge in [-0.2, -0.15) is 0 Å². The minimum atomic E-state index is -0.119. The number of nitrogens with one attached hydrogen (secondary N) is 1. The first-order valence-electron chi connectivity index (χ1n) is 4.75. The van der Waals surface area contributed by atoms with Crippen molar-refractivity contribution in [3.63, 3.8) is 0 Å². The summed E-state index contributed by atoms with van der Waals surface area (Å²) in [5.74, 6) is -0.207. The van der Waals surface area contributed by atoms with Crippen LogP contribution in [0.4, 0.5) is 5.69 Å². The van der Waals surface area contributed by atoms with Gasteiger partial charge >= 0.3 is 0 Å². The number of anilines is 1. The number of carbonyl (C=O) groups is 1. The van der Waals surface area contributed by atoms with Gasteiger partial charge in [0.25, 0.3) is 0 Å². The van der Waals surface area contributed by atoms with Gasteiger partial charge in [-0.25, -0.2) is 0 Å². The van der Waals surface area contributed by atoms with E-state index < -0.39 is 0 Å². The quantitative estimate of drug-likeness (QED) is 0.822. The molecule has 1 amide bonds. The van der Waals surface area contributed by atoms with Gasteiger partial charge in [-0.15, -0.1) is 0 Å². The molecule has 0 bridgehead atoms. The minimum absolute atomic E-state index is 0.0876. The van der Waals surface area contributed by atoms with E-state index >= 15 is 0 Å². The zero-order valence-corrected chi connectivity index (χ0v) is 9.29. The summed E-state index contributed by atoms with van der Waals surface area (Å²) >= 11 is 5.87. The lowest BCUT2D eigenvalue weighted by Gasteiger charge is -2.11. The predicted octanol–water partition coefficient (Wildman–Crippen LogP) is 1.66. The zero-order valence-electron chi connectivity index (χ0n) is 8.53. The van der Waals surface area contributed by atoms with Gasteiger partial charge in [-0.05, 0) is 19.0 Å². The van der Waals surface area contributed by atoms with Crippen molar-refractivity contribution in [3.8, 4) is 0 Å². The lowest BCUT2D eigenvalue weighted by molar-refractivity contribution is -0.119. The normalized spacial score (nSPS) is 12.2. The summed E-state index contributed by atoms with van der Waals surface area (Å²) in [5.41, 5.74) is 5.91. The van der Waals surface area contributed by atoms with Crippen molar-refractivity contribution in [3.05, 3.63) is 23.5 Å². The molecule has 1 atom stereocenters. The number of amides is 1. The second kappa shape index (κ2) is 5.68. The number of hydrogen-bond donors (Lipinski definition) is 2. The summed E-state index contributed by atoms with van der Waals surface area (Å²) in [6.07, 6.45) is 3.75. The lowest BCUT2D eigenvalue weighted by atomic mass is 10.1. The van der Waals surface area contributed by atoms with Crippen LogP contribution < -0.4 is 11.1 Å². The Morgan fingerprint density at radius 1 is 1.73 bits per heavy atom. The zero-order chi connectivity index (χ0) is 11.3. The van der Waals surface area contributed by atoms with Crippen LogP contribution in [-0.2, 0) is 4.79 Å². The van der Waals surface area contributed by atoms with Crippen molar-refractivity contribution in [1.29, 1.82) is 0 Å². The highest BCUT2D eigenvalue weighted by molar-refractivity contribution is 6.33. The Kier molecular flexibility index (Phi) is 4.52. The fourth-order valence-corrected chi connectivity index (χ4v) is 1.26. The summed E-state index contributed by atoms with van der Waals surface area (Å²) in [6, 6.07) is 1.63. The van der Waals surface area contributed by atoms with Gasteiger partial charge in [-0.1, -0.05) is 18.5 Å². The topological polar surface area (TPSA) is 68.0 Å². The molecule has 1 rings (SSSR count). The molecule has 82 valence electrons. The van der Waals surface area contributed by atoms with Gasteiger partial charge in [-0.3, -0.25) is 9.78 Å². The van der Waals surface area contributed by atoms with Crippen molar-refractivity contribution in [2.24, 2.45) is 11.7 Å². The Balaban J connectivity index is 2.62. The second-order valence-corrected chi connectivity index (χ2v) is 3.73. The summed E-state index contributed by atoms with van der Waals surface area (Å²) in [4.78, 5) is 15.5. The van der Waals surface area contributed by atoms with Crippen molar-refractivity contribution >= 4 is 23.2 Å². The Bertz CT molecular complexity index is 343. The molecule has 1 aromatic heterocycles. The molecule has 0 saturated heterocycles. The molecule has 0 saturated carbocycles. The molecule has 0 spiro atoms. The van der Waals surface area contributed by atoms with Crippen molar-refractivity contribution in [2.75, 3.05) is 11.9 Å². The molecule has 0 aliphatic rings. The number of pyridine rings is 1. The van der Waals surface area contributed by atoms with Crippen LogP contribution in [0.3, 0.4) is 0 Å². The number of rotatable bonds is 4. The first-order chi connectivity index (χ1) is 7.15. The molecule has 1 heterocycles. The third-order valence-corrected chi connectivity index (χ3v) is 2.40. The van der Waals surface area contributed by atoms with Gasteiger partial charge in [0.1, 0.15) is 0 Å². The summed E-state index contributed by atoms with van der Waals surface area (Å²) in [7, 11) is 0. The molecule has 0 radical (unpaired) electrons. The molecule has 0 aromatic carbocycles. The number of nitrogens with two attached hydrogens (primary N) is 1. The van der Waals surface area contributed by atoms with E-state index in [1.807, 2.05) is 6.92 Å². The van der Waals surface area contributed by atoms with E-state index in [0.717, 1.165) is 0 Å². The molecule has 0 fully saturated rings. The van der Waals surface area contributed by atoms with E-state index in [4.69, 9.17) is 17.3 Å². The van der Waals surface area contributed by atoms with E-state index in [2.05, 4.69) is 10.3 Å². The maximum absolute atomic E-state index is 11.6. The van der Waals surface area contributed by atoms with Crippen molar-refractivity contribution in [2.45, 2.75) is 13.3 Å². The Labute approximate surface area is 93.8 Å². The highest BCUT2D eigenvalue weighted by Crippen LogP contribution is 2.19. The van der Waals surface area contributed by atoms with Crippen LogP contribution in [-0.4, -0.2) is 17.4 Å². The Morgan fingerprint density at radius 3 is 3.07 bits per heavy atom. The molecular formula is C10H14ClN3O. The van der Waals surface area contributed by atoms with Gasteiger partial charge in [0.15, 0.2) is 0 Å². The van der Waals surface area contributed by atoms with E-state index in [9.17, 15) is 4.79 Å². The van der Waals surface area contributed by atoms with E-state index in [1.165, 1.54) is 6.20 Å². The number of nitrogens with zero attached hydrogens (tertiary/aromatic N) is 1. The molecule has 0 aliphatic heterocycles. The predicted molar refractivity (Wildman–Crippen MR) is 60.7 cm³/mol. The average Bonchev–Trinajstić information content (AvgIpc) is 2.21. The molecule has 3 N–H and O–H groups in total. The van der Waals surface area contributed by atoms with Crippen LogP contribution in [0.15, 0.2) is 18.5 Å². The van der Waals surface area contributed by atoms with Crippen LogP contribution in [0.1, 0.15) is 13.3 Å². The standard InChI is InChI=1S/C10H14ClN3O/c1-7(2-4-12)10(15)14-9-6-13-5-3-8(9)11/h3,5-7H,2,4,12H2,1H3,(H,14,15). The monoisotopic (exact) mass is 227 g/mol. The van der Waals surface area contributed by atoms with Crippen LogP contribution in [0.25, 0.3) is 0 Å². The molecular weight excluding hydrogens is 214 g/mol. The fraction of sp³-hybridized carbons (Fsp3) is 0.400. The maximum atomic E-state index is 11.6. The molecule has 4 nitrogen and oxygen atoms in total. The first kappa shape index (κ1) is 11.9. The minimum Gasteiger partial charge on any atom is -0.330 e. The Hall–Kier alpha value is -1.13. The molecule has 15 heavy (non-hydrogen) atoms. The SMILES string of the molecule is CC(CCN)C(=O)Nc1cnccc1Cl. The van der Waals surface area contributed by atoms with Crippen LogP contribution in [0, 0.1) is 5.92 Å². The van der Waals surface area contributed by atoms with E-state index in [-0.39, 0.29) is 11.8 Å². The van der Waals surface area contributed by atoms with Gasteiger partial charge in [0, 0.05) is 12.1 Å². The second-order valence-electron chi connectivity index (χ2n) is 3.32. The Morgan fingerprint density at radius 2 is 2.47 bits per heavy atom. The summed E-state index contributed by atoms with van der Waals surface area (Å²) < 4.78 is 0. The molecule has 0 aliphatic carbocycles. The molecule has 1 unspecified atom stereocenters. The van der Waals surface area contributed by atoms with Gasteiger partial charge < -0.3 is 11.1 Å². The van der Waals surface area contributed by atoms with E-state index in [0.29, 0.717) is 23.7 Å². The lowest BCUT2D eigenvalue weighted by Crippen LogP contribution is -2.22. The summed E-state index contributed by atoms with van der Waals surface area (Å²) in [5, 5.41) is 3.19. The van der Waals surface area contributed by atoms with Gasteiger partial charge in [0.2, 0.25) is 5.91 Å². The van der Waals surface area contributed by atoms with Crippen molar-refractivity contribution in [1.82, 2.24) is 4.98 Å². The third kappa shape index (κ3) is 3.49. The van der Waals surface area contributed by atoms with Gasteiger partial charge in [0.05, 0.1) is 16.9 Å². The maximum Gasteiger partial charge on any atom is 0.227 e. The molecule has 5 heteroatoms.